The van der Waals surface area contributed by atoms with E-state index in [-0.39, 0.29) is 0 Å². The maximum atomic E-state index is 10.0. The fraction of sp³-hybridized carbons (Fsp3) is 0.100. The molecule has 0 fully saturated rings. The van der Waals surface area contributed by atoms with Crippen LogP contribution in [0.2, 0.25) is 4.47 Å². The average molecular weight is 305 g/mol. The highest BCUT2D eigenvalue weighted by molar-refractivity contribution is 9.10. The van der Waals surface area contributed by atoms with Gasteiger partial charge in [0.25, 0.3) is 0 Å². The predicted octanol–water partition coefficient (Wildman–Crippen LogP) is 3.64. The lowest BCUT2D eigenvalue weighted by Crippen LogP contribution is -1.96. The van der Waals surface area contributed by atoms with Crippen molar-refractivity contribution in [3.05, 3.63) is 49.8 Å². The van der Waals surface area contributed by atoms with Crippen molar-refractivity contribution in [2.45, 2.75) is 6.10 Å². The first-order valence-corrected chi connectivity index (χ1v) is 6.20. The Balaban J connectivity index is 2.32. The van der Waals surface area contributed by atoms with Crippen LogP contribution in [0, 0.1) is 0 Å². The minimum Gasteiger partial charge on any atom is -0.383 e. The van der Waals surface area contributed by atoms with Crippen molar-refractivity contribution >= 4 is 38.9 Å². The number of aliphatic hydroxyl groups is 1. The molecule has 0 aliphatic rings. The SMILES string of the molecule is OC(c1cccc(Br)c1)c1cnc(Cl)s1. The number of benzene rings is 1. The summed E-state index contributed by atoms with van der Waals surface area (Å²) in [5, 5.41) is 10.0. The third kappa shape index (κ3) is 2.58. The molecule has 15 heavy (non-hydrogen) atoms. The van der Waals surface area contributed by atoms with Gasteiger partial charge in [0.15, 0.2) is 4.47 Å². The van der Waals surface area contributed by atoms with Gasteiger partial charge in [-0.3, -0.25) is 0 Å². The molecule has 78 valence electrons. The highest BCUT2D eigenvalue weighted by Gasteiger charge is 2.13. The zero-order chi connectivity index (χ0) is 10.8. The third-order valence-corrected chi connectivity index (χ3v) is 3.59. The summed E-state index contributed by atoms with van der Waals surface area (Å²) in [5.41, 5.74) is 0.824. The van der Waals surface area contributed by atoms with E-state index in [4.69, 9.17) is 11.6 Å². The molecular weight excluding hydrogens is 298 g/mol. The normalized spacial score (nSPS) is 12.7. The fourth-order valence-electron chi connectivity index (χ4n) is 1.23. The quantitative estimate of drug-likeness (QED) is 0.919. The molecule has 0 amide bonds. The number of halogens is 2. The first-order chi connectivity index (χ1) is 7.16. The minimum atomic E-state index is -0.660. The first kappa shape index (κ1) is 11.1. The average Bonchev–Trinajstić information content (AvgIpc) is 2.64. The molecule has 2 nitrogen and oxygen atoms in total. The van der Waals surface area contributed by atoms with Crippen molar-refractivity contribution in [3.8, 4) is 0 Å². The monoisotopic (exact) mass is 303 g/mol. The Morgan fingerprint density at radius 2 is 2.27 bits per heavy atom. The van der Waals surface area contributed by atoms with E-state index in [9.17, 15) is 5.11 Å². The Hall–Kier alpha value is -0.420. The van der Waals surface area contributed by atoms with E-state index in [1.54, 1.807) is 6.20 Å². The van der Waals surface area contributed by atoms with Gasteiger partial charge in [-0.2, -0.15) is 0 Å². The highest BCUT2D eigenvalue weighted by Crippen LogP contribution is 2.29. The van der Waals surface area contributed by atoms with Gasteiger partial charge in [-0.05, 0) is 17.7 Å². The molecule has 5 heteroatoms. The molecule has 0 saturated heterocycles. The van der Waals surface area contributed by atoms with E-state index in [0.717, 1.165) is 14.9 Å². The van der Waals surface area contributed by atoms with Gasteiger partial charge in [-0.15, -0.1) is 11.3 Å². The number of hydrogen-bond acceptors (Lipinski definition) is 3. The Bertz CT molecular complexity index is 474. The summed E-state index contributed by atoms with van der Waals surface area (Å²) < 4.78 is 1.38. The van der Waals surface area contributed by atoms with Crippen molar-refractivity contribution < 1.29 is 5.11 Å². The second-order valence-corrected chi connectivity index (χ2v) is 5.53. The smallest absolute Gasteiger partial charge is 0.183 e. The van der Waals surface area contributed by atoms with Gasteiger partial charge < -0.3 is 5.11 Å². The summed E-state index contributed by atoms with van der Waals surface area (Å²) in [5.74, 6) is 0. The molecule has 1 N–H and O–H groups in total. The van der Waals surface area contributed by atoms with Crippen molar-refractivity contribution in [3.63, 3.8) is 0 Å². The standard InChI is InChI=1S/C10H7BrClNOS/c11-7-3-1-2-6(4-7)9(14)8-5-13-10(12)15-8/h1-5,9,14H. The number of aromatic nitrogens is 1. The number of nitrogens with zero attached hydrogens (tertiary/aromatic N) is 1. The Kier molecular flexibility index (Phi) is 3.41. The first-order valence-electron chi connectivity index (χ1n) is 4.21. The van der Waals surface area contributed by atoms with E-state index in [1.807, 2.05) is 24.3 Å². The molecule has 0 aliphatic heterocycles. The summed E-state index contributed by atoms with van der Waals surface area (Å²) in [7, 11) is 0. The van der Waals surface area contributed by atoms with Gasteiger partial charge in [0.2, 0.25) is 0 Å². The maximum Gasteiger partial charge on any atom is 0.183 e. The molecule has 1 heterocycles. The molecule has 0 saturated carbocycles. The Morgan fingerprint density at radius 1 is 1.47 bits per heavy atom. The van der Waals surface area contributed by atoms with Crippen LogP contribution in [0.3, 0.4) is 0 Å². The van der Waals surface area contributed by atoms with Crippen LogP contribution < -0.4 is 0 Å². The van der Waals surface area contributed by atoms with Gasteiger partial charge in [0, 0.05) is 10.7 Å². The van der Waals surface area contributed by atoms with Crippen LogP contribution in [-0.4, -0.2) is 10.1 Å². The molecule has 1 aromatic heterocycles. The summed E-state index contributed by atoms with van der Waals surface area (Å²) in [4.78, 5) is 4.65. The highest BCUT2D eigenvalue weighted by atomic mass is 79.9. The van der Waals surface area contributed by atoms with Gasteiger partial charge in [0.1, 0.15) is 6.10 Å². The van der Waals surface area contributed by atoms with E-state index in [1.165, 1.54) is 11.3 Å². The number of rotatable bonds is 2. The number of hydrogen-bond donors (Lipinski definition) is 1. The number of thiazole rings is 1. The molecular formula is C10H7BrClNOS. The van der Waals surface area contributed by atoms with Crippen molar-refractivity contribution in [1.29, 1.82) is 0 Å². The third-order valence-electron chi connectivity index (χ3n) is 1.93. The van der Waals surface area contributed by atoms with Gasteiger partial charge >= 0.3 is 0 Å². The van der Waals surface area contributed by atoms with Crippen LogP contribution in [0.15, 0.2) is 34.9 Å². The van der Waals surface area contributed by atoms with Crippen molar-refractivity contribution in [2.75, 3.05) is 0 Å². The van der Waals surface area contributed by atoms with E-state index < -0.39 is 6.10 Å². The molecule has 0 bridgehead atoms. The van der Waals surface area contributed by atoms with Gasteiger partial charge in [0.05, 0.1) is 4.88 Å². The second-order valence-electron chi connectivity index (χ2n) is 2.97. The largest absolute Gasteiger partial charge is 0.383 e. The zero-order valence-electron chi connectivity index (χ0n) is 7.52. The van der Waals surface area contributed by atoms with Crippen molar-refractivity contribution in [2.24, 2.45) is 0 Å². The fourth-order valence-corrected chi connectivity index (χ4v) is 2.62. The number of aliphatic hydroxyl groups excluding tert-OH is 1. The van der Waals surface area contributed by atoms with Crippen LogP contribution in [0.5, 0.6) is 0 Å². The van der Waals surface area contributed by atoms with Crippen LogP contribution >= 0.6 is 38.9 Å². The minimum absolute atomic E-state index is 0.444. The van der Waals surface area contributed by atoms with Gasteiger partial charge in [-0.1, -0.05) is 39.7 Å². The summed E-state index contributed by atoms with van der Waals surface area (Å²) >= 11 is 10.4. The van der Waals surface area contributed by atoms with E-state index >= 15 is 0 Å². The van der Waals surface area contributed by atoms with Crippen molar-refractivity contribution in [1.82, 2.24) is 4.98 Å². The lowest BCUT2D eigenvalue weighted by atomic mass is 10.1. The molecule has 0 spiro atoms. The molecule has 1 atom stereocenters. The lowest BCUT2D eigenvalue weighted by molar-refractivity contribution is 0.224. The topological polar surface area (TPSA) is 33.1 Å². The van der Waals surface area contributed by atoms with Crippen LogP contribution in [-0.2, 0) is 0 Å². The van der Waals surface area contributed by atoms with Crippen LogP contribution in [0.1, 0.15) is 16.5 Å². The molecule has 1 aromatic carbocycles. The Labute approximate surface area is 105 Å². The molecule has 1 unspecified atom stereocenters. The summed E-state index contributed by atoms with van der Waals surface area (Å²) in [6.07, 6.45) is 0.936. The molecule has 0 aliphatic carbocycles. The molecule has 2 aromatic rings. The zero-order valence-corrected chi connectivity index (χ0v) is 10.7. The van der Waals surface area contributed by atoms with Gasteiger partial charge in [-0.25, -0.2) is 4.98 Å². The van der Waals surface area contributed by atoms with E-state index in [0.29, 0.717) is 4.47 Å². The van der Waals surface area contributed by atoms with Crippen LogP contribution in [0.25, 0.3) is 0 Å². The lowest BCUT2D eigenvalue weighted by Gasteiger charge is -2.08. The van der Waals surface area contributed by atoms with Crippen LogP contribution in [0.4, 0.5) is 0 Å². The van der Waals surface area contributed by atoms with E-state index in [2.05, 4.69) is 20.9 Å². The predicted molar refractivity (Wildman–Crippen MR) is 65.3 cm³/mol. The molecule has 2 rings (SSSR count). The maximum absolute atomic E-state index is 10.0. The molecule has 0 radical (unpaired) electrons. The summed E-state index contributed by atoms with van der Waals surface area (Å²) in [6.45, 7) is 0. The Morgan fingerprint density at radius 3 is 2.87 bits per heavy atom. The second kappa shape index (κ2) is 4.61. The summed E-state index contributed by atoms with van der Waals surface area (Å²) in [6, 6.07) is 7.53.